The first-order valence-corrected chi connectivity index (χ1v) is 3.36. The maximum Gasteiger partial charge on any atom is 0.0162 e. The fraction of sp³-hybridized carbons (Fsp3) is 1.00. The number of nitrogens with one attached hydrogen (secondary N) is 1. The minimum atomic E-state index is 0.221. The second-order valence-corrected chi connectivity index (χ2v) is 2.52. The van der Waals surface area contributed by atoms with Gasteiger partial charge in [0.1, 0.15) is 0 Å². The molecular formula is C6H17N3. The van der Waals surface area contributed by atoms with Gasteiger partial charge in [0, 0.05) is 25.2 Å². The maximum absolute atomic E-state index is 5.49. The van der Waals surface area contributed by atoms with Crippen molar-refractivity contribution < 1.29 is 0 Å². The maximum atomic E-state index is 5.49. The quantitative estimate of drug-likeness (QED) is 0.471. The van der Waals surface area contributed by atoms with Gasteiger partial charge in [-0.15, -0.1) is 0 Å². The van der Waals surface area contributed by atoms with Crippen LogP contribution in [0.2, 0.25) is 0 Å². The number of hydrogen-bond donors (Lipinski definition) is 3. The van der Waals surface area contributed by atoms with Gasteiger partial charge in [-0.2, -0.15) is 0 Å². The first kappa shape index (κ1) is 8.88. The van der Waals surface area contributed by atoms with Gasteiger partial charge in [-0.3, -0.25) is 0 Å². The third-order valence-corrected chi connectivity index (χ3v) is 1.14. The zero-order chi connectivity index (χ0) is 7.28. The average Bonchev–Trinajstić information content (AvgIpc) is 1.83. The summed E-state index contributed by atoms with van der Waals surface area (Å²) in [5.74, 6) is 0. The minimum absolute atomic E-state index is 0.221. The Morgan fingerprint density at radius 1 is 1.44 bits per heavy atom. The second kappa shape index (κ2) is 4.73. The van der Waals surface area contributed by atoms with Crippen molar-refractivity contribution in [2.45, 2.75) is 25.9 Å². The third-order valence-electron chi connectivity index (χ3n) is 1.14. The summed E-state index contributed by atoms with van der Waals surface area (Å²) in [7, 11) is 0. The van der Waals surface area contributed by atoms with E-state index in [9.17, 15) is 0 Å². The van der Waals surface area contributed by atoms with E-state index >= 15 is 0 Å². The highest BCUT2D eigenvalue weighted by molar-refractivity contribution is 4.64. The smallest absolute Gasteiger partial charge is 0.0162 e. The molecule has 0 fully saturated rings. The number of rotatable bonds is 4. The molecule has 0 heterocycles. The Kier molecular flexibility index (Phi) is 4.67. The van der Waals surface area contributed by atoms with E-state index in [0.717, 1.165) is 6.54 Å². The van der Waals surface area contributed by atoms with Crippen LogP contribution in [0.5, 0.6) is 0 Å². The van der Waals surface area contributed by atoms with Crippen molar-refractivity contribution in [2.75, 3.05) is 13.1 Å². The lowest BCUT2D eigenvalue weighted by molar-refractivity contribution is 0.523. The van der Waals surface area contributed by atoms with Crippen LogP contribution in [0.25, 0.3) is 0 Å². The van der Waals surface area contributed by atoms with Crippen LogP contribution in [0, 0.1) is 0 Å². The van der Waals surface area contributed by atoms with Crippen molar-refractivity contribution in [3.63, 3.8) is 0 Å². The molecule has 0 bridgehead atoms. The van der Waals surface area contributed by atoms with Crippen LogP contribution < -0.4 is 16.8 Å². The van der Waals surface area contributed by atoms with Gasteiger partial charge in [-0.25, -0.2) is 0 Å². The first-order valence-electron chi connectivity index (χ1n) is 3.36. The highest BCUT2D eigenvalue weighted by atomic mass is 14.9. The Balaban J connectivity index is 3.06. The molecule has 0 aromatic rings. The number of nitrogens with two attached hydrogens (primary N) is 2. The van der Waals surface area contributed by atoms with Gasteiger partial charge >= 0.3 is 0 Å². The average molecular weight is 131 g/mol. The zero-order valence-electron chi connectivity index (χ0n) is 6.22. The lowest BCUT2D eigenvalue weighted by Crippen LogP contribution is -2.40. The molecular weight excluding hydrogens is 114 g/mol. The number of hydrogen-bond acceptors (Lipinski definition) is 3. The van der Waals surface area contributed by atoms with Crippen LogP contribution in [-0.2, 0) is 0 Å². The van der Waals surface area contributed by atoms with Crippen molar-refractivity contribution in [2.24, 2.45) is 11.5 Å². The first-order chi connectivity index (χ1) is 4.16. The molecule has 0 aromatic carbocycles. The largest absolute Gasteiger partial charge is 0.329 e. The minimum Gasteiger partial charge on any atom is -0.329 e. The standard InChI is InChI=1S/C6H17N3/c1-5(8)4-9-6(2)3-7/h5-6,9H,3-4,7-8H2,1-2H3/t5-,6+/m1/s1. The fourth-order valence-corrected chi connectivity index (χ4v) is 0.470. The van der Waals surface area contributed by atoms with Gasteiger partial charge in [0.15, 0.2) is 0 Å². The van der Waals surface area contributed by atoms with Gasteiger partial charge in [-0.05, 0) is 13.8 Å². The molecule has 3 nitrogen and oxygen atoms in total. The summed E-state index contributed by atoms with van der Waals surface area (Å²) in [6.45, 7) is 5.53. The Bertz CT molecular complexity index is 63.3. The van der Waals surface area contributed by atoms with Crippen molar-refractivity contribution >= 4 is 0 Å². The van der Waals surface area contributed by atoms with E-state index in [-0.39, 0.29) is 6.04 Å². The van der Waals surface area contributed by atoms with Crippen molar-refractivity contribution in [3.05, 3.63) is 0 Å². The van der Waals surface area contributed by atoms with Crippen LogP contribution >= 0.6 is 0 Å². The molecule has 0 aromatic heterocycles. The molecule has 2 atom stereocenters. The third kappa shape index (κ3) is 5.76. The Labute approximate surface area is 56.8 Å². The van der Waals surface area contributed by atoms with Gasteiger partial charge < -0.3 is 16.8 Å². The van der Waals surface area contributed by atoms with E-state index in [2.05, 4.69) is 5.32 Å². The van der Waals surface area contributed by atoms with E-state index in [0.29, 0.717) is 12.6 Å². The Hall–Kier alpha value is -0.120. The van der Waals surface area contributed by atoms with Crippen LogP contribution in [0.4, 0.5) is 0 Å². The molecule has 9 heavy (non-hydrogen) atoms. The predicted molar refractivity (Wildman–Crippen MR) is 40.2 cm³/mol. The predicted octanol–water partition coefficient (Wildman–Crippen LogP) is -0.730. The molecule has 0 aliphatic heterocycles. The summed E-state index contributed by atoms with van der Waals surface area (Å²) in [5.41, 5.74) is 10.8. The van der Waals surface area contributed by atoms with E-state index < -0.39 is 0 Å². The van der Waals surface area contributed by atoms with E-state index in [1.807, 2.05) is 13.8 Å². The summed E-state index contributed by atoms with van der Waals surface area (Å²) < 4.78 is 0. The van der Waals surface area contributed by atoms with Gasteiger partial charge in [-0.1, -0.05) is 0 Å². The highest BCUT2D eigenvalue weighted by Crippen LogP contribution is 1.76. The van der Waals surface area contributed by atoms with Crippen LogP contribution in [0.3, 0.4) is 0 Å². The van der Waals surface area contributed by atoms with E-state index in [1.54, 1.807) is 0 Å². The summed E-state index contributed by atoms with van der Waals surface area (Å²) in [4.78, 5) is 0. The Morgan fingerprint density at radius 3 is 2.33 bits per heavy atom. The van der Waals surface area contributed by atoms with E-state index in [1.165, 1.54) is 0 Å². The van der Waals surface area contributed by atoms with Crippen molar-refractivity contribution in [1.82, 2.24) is 5.32 Å². The molecule has 5 N–H and O–H groups in total. The van der Waals surface area contributed by atoms with Gasteiger partial charge in [0.25, 0.3) is 0 Å². The normalized spacial score (nSPS) is 17.3. The molecule has 0 radical (unpaired) electrons. The molecule has 56 valence electrons. The molecule has 3 heteroatoms. The molecule has 0 saturated heterocycles. The van der Waals surface area contributed by atoms with Crippen molar-refractivity contribution in [1.29, 1.82) is 0 Å². The van der Waals surface area contributed by atoms with Gasteiger partial charge in [0.2, 0.25) is 0 Å². The fourth-order valence-electron chi connectivity index (χ4n) is 0.470. The molecule has 0 amide bonds. The Morgan fingerprint density at radius 2 is 2.00 bits per heavy atom. The monoisotopic (exact) mass is 131 g/mol. The molecule has 0 rings (SSSR count). The summed E-state index contributed by atoms with van der Waals surface area (Å²) in [5, 5.41) is 3.18. The molecule has 0 saturated carbocycles. The van der Waals surface area contributed by atoms with Crippen molar-refractivity contribution in [3.8, 4) is 0 Å². The van der Waals surface area contributed by atoms with Crippen LogP contribution in [-0.4, -0.2) is 25.2 Å². The van der Waals surface area contributed by atoms with E-state index in [4.69, 9.17) is 11.5 Å². The zero-order valence-corrected chi connectivity index (χ0v) is 6.22. The van der Waals surface area contributed by atoms with Crippen LogP contribution in [0.15, 0.2) is 0 Å². The molecule has 0 aliphatic rings. The topological polar surface area (TPSA) is 64.1 Å². The molecule has 0 aliphatic carbocycles. The second-order valence-electron chi connectivity index (χ2n) is 2.52. The summed E-state index contributed by atoms with van der Waals surface area (Å²) in [6, 6.07) is 0.606. The van der Waals surface area contributed by atoms with Crippen LogP contribution in [0.1, 0.15) is 13.8 Å². The lowest BCUT2D eigenvalue weighted by atomic mass is 10.3. The SMILES string of the molecule is C[C@@H](N)CN[C@@H](C)CN. The summed E-state index contributed by atoms with van der Waals surface area (Å²) >= 11 is 0. The summed E-state index contributed by atoms with van der Waals surface area (Å²) in [6.07, 6.45) is 0. The molecule has 0 spiro atoms. The highest BCUT2D eigenvalue weighted by Gasteiger charge is 1.97. The molecule has 0 unspecified atom stereocenters. The lowest BCUT2D eigenvalue weighted by Gasteiger charge is -2.12. The van der Waals surface area contributed by atoms with Gasteiger partial charge in [0.05, 0.1) is 0 Å².